The average Bonchev–Trinajstić information content (AvgIpc) is 2.25. The molecule has 0 atom stereocenters. The third-order valence-corrected chi connectivity index (χ3v) is 3.19. The number of hydrogen-bond donors (Lipinski definition) is 1. The summed E-state index contributed by atoms with van der Waals surface area (Å²) in [6.45, 7) is 5.69. The molecule has 1 rings (SSSR count). The van der Waals surface area contributed by atoms with Gasteiger partial charge in [-0.05, 0) is 25.1 Å². The molecule has 0 saturated heterocycles. The Bertz CT molecular complexity index is 626. The third kappa shape index (κ3) is 4.15. The third-order valence-electron chi connectivity index (χ3n) is 2.30. The predicted octanol–water partition coefficient (Wildman–Crippen LogP) is 1.12. The van der Waals surface area contributed by atoms with Crippen molar-refractivity contribution in [1.82, 2.24) is 4.90 Å². The Morgan fingerprint density at radius 3 is 2.47 bits per heavy atom. The van der Waals surface area contributed by atoms with E-state index in [1.807, 2.05) is 0 Å². The number of rotatable bonds is 4. The highest BCUT2D eigenvalue weighted by molar-refractivity contribution is 7.89. The number of carbonyl (C=O) groups is 1. The molecule has 0 bridgehead atoms. The maximum atomic E-state index is 13.3. The smallest absolute Gasteiger partial charge is 0.254 e. The molecule has 1 aromatic carbocycles. The van der Waals surface area contributed by atoms with E-state index in [1.165, 1.54) is 11.9 Å². The van der Waals surface area contributed by atoms with Crippen molar-refractivity contribution < 1.29 is 17.6 Å². The standard InChI is InChI=1S/C12H15FN2O3S/c1-8(2)7-15(3)12(16)9-4-10(13)6-11(5-9)19(14,17)18/h4-6H,1,7H2,2-3H3,(H2,14,17,18). The van der Waals surface area contributed by atoms with Crippen LogP contribution in [0.3, 0.4) is 0 Å². The molecule has 104 valence electrons. The van der Waals surface area contributed by atoms with Crippen molar-refractivity contribution in [2.75, 3.05) is 13.6 Å². The molecular weight excluding hydrogens is 271 g/mol. The van der Waals surface area contributed by atoms with E-state index in [1.54, 1.807) is 6.92 Å². The first-order valence-corrected chi connectivity index (χ1v) is 6.89. The van der Waals surface area contributed by atoms with Gasteiger partial charge in [-0.1, -0.05) is 12.2 Å². The molecule has 1 amide bonds. The second-order valence-corrected chi connectivity index (χ2v) is 5.90. The molecule has 0 aliphatic rings. The second-order valence-electron chi connectivity index (χ2n) is 4.34. The van der Waals surface area contributed by atoms with Gasteiger partial charge in [-0.3, -0.25) is 4.79 Å². The Labute approximate surface area is 111 Å². The van der Waals surface area contributed by atoms with Crippen LogP contribution in [0.2, 0.25) is 0 Å². The van der Waals surface area contributed by atoms with E-state index in [2.05, 4.69) is 6.58 Å². The number of amides is 1. The number of benzene rings is 1. The number of primary sulfonamides is 1. The van der Waals surface area contributed by atoms with Crippen molar-refractivity contribution in [2.45, 2.75) is 11.8 Å². The van der Waals surface area contributed by atoms with Gasteiger partial charge < -0.3 is 4.90 Å². The maximum absolute atomic E-state index is 13.3. The number of hydrogen-bond acceptors (Lipinski definition) is 3. The van der Waals surface area contributed by atoms with Crippen LogP contribution < -0.4 is 5.14 Å². The monoisotopic (exact) mass is 286 g/mol. The zero-order valence-corrected chi connectivity index (χ0v) is 11.5. The van der Waals surface area contributed by atoms with Gasteiger partial charge in [0.15, 0.2) is 0 Å². The molecule has 2 N–H and O–H groups in total. The van der Waals surface area contributed by atoms with Crippen LogP contribution in [-0.2, 0) is 10.0 Å². The fourth-order valence-electron chi connectivity index (χ4n) is 1.55. The maximum Gasteiger partial charge on any atom is 0.254 e. The van der Waals surface area contributed by atoms with Crippen LogP contribution in [0.5, 0.6) is 0 Å². The van der Waals surface area contributed by atoms with E-state index in [0.717, 1.165) is 23.8 Å². The van der Waals surface area contributed by atoms with Crippen molar-refractivity contribution in [1.29, 1.82) is 0 Å². The predicted molar refractivity (Wildman–Crippen MR) is 69.5 cm³/mol. The van der Waals surface area contributed by atoms with Gasteiger partial charge in [-0.15, -0.1) is 0 Å². The number of nitrogens with zero attached hydrogens (tertiary/aromatic N) is 1. The summed E-state index contributed by atoms with van der Waals surface area (Å²) < 4.78 is 35.7. The van der Waals surface area contributed by atoms with Crippen molar-refractivity contribution in [3.63, 3.8) is 0 Å². The summed E-state index contributed by atoms with van der Waals surface area (Å²) in [6.07, 6.45) is 0. The molecule has 19 heavy (non-hydrogen) atoms. The summed E-state index contributed by atoms with van der Waals surface area (Å²) in [5, 5.41) is 4.92. The van der Waals surface area contributed by atoms with Crippen molar-refractivity contribution in [2.24, 2.45) is 5.14 Å². The zero-order chi connectivity index (χ0) is 14.8. The van der Waals surface area contributed by atoms with E-state index in [4.69, 9.17) is 5.14 Å². The Morgan fingerprint density at radius 1 is 1.42 bits per heavy atom. The SMILES string of the molecule is C=C(C)CN(C)C(=O)c1cc(F)cc(S(N)(=O)=O)c1. The lowest BCUT2D eigenvalue weighted by atomic mass is 10.2. The lowest BCUT2D eigenvalue weighted by Crippen LogP contribution is -2.28. The van der Waals surface area contributed by atoms with E-state index in [0.29, 0.717) is 6.54 Å². The minimum absolute atomic E-state index is 0.0761. The van der Waals surface area contributed by atoms with Crippen molar-refractivity contribution in [3.8, 4) is 0 Å². The zero-order valence-electron chi connectivity index (χ0n) is 10.7. The first kappa shape index (κ1) is 15.3. The molecule has 7 heteroatoms. The number of halogens is 1. The second kappa shape index (κ2) is 5.50. The van der Waals surface area contributed by atoms with Crippen LogP contribution in [0, 0.1) is 5.82 Å². The number of likely N-dealkylation sites (N-methyl/N-ethyl adjacent to an activating group) is 1. The van der Waals surface area contributed by atoms with E-state index < -0.39 is 26.6 Å². The van der Waals surface area contributed by atoms with E-state index in [9.17, 15) is 17.6 Å². The molecule has 0 unspecified atom stereocenters. The highest BCUT2D eigenvalue weighted by atomic mass is 32.2. The molecule has 0 aliphatic heterocycles. The summed E-state index contributed by atoms with van der Waals surface area (Å²) in [5.41, 5.74) is 0.673. The molecule has 0 aliphatic carbocycles. The molecular formula is C12H15FN2O3S. The minimum Gasteiger partial charge on any atom is -0.338 e. The number of nitrogens with two attached hydrogens (primary N) is 1. The molecule has 0 aromatic heterocycles. The van der Waals surface area contributed by atoms with Gasteiger partial charge in [0.2, 0.25) is 10.0 Å². The van der Waals surface area contributed by atoms with Crippen LogP contribution in [0.1, 0.15) is 17.3 Å². The van der Waals surface area contributed by atoms with Crippen LogP contribution in [0.15, 0.2) is 35.2 Å². The van der Waals surface area contributed by atoms with Gasteiger partial charge in [0, 0.05) is 19.2 Å². The Hall–Kier alpha value is -1.73. The van der Waals surface area contributed by atoms with Crippen LogP contribution >= 0.6 is 0 Å². The van der Waals surface area contributed by atoms with Crippen LogP contribution in [0.25, 0.3) is 0 Å². The largest absolute Gasteiger partial charge is 0.338 e. The first-order valence-electron chi connectivity index (χ1n) is 5.34. The Morgan fingerprint density at radius 2 is 2.00 bits per heavy atom. The molecule has 5 nitrogen and oxygen atoms in total. The van der Waals surface area contributed by atoms with Crippen molar-refractivity contribution in [3.05, 3.63) is 41.7 Å². The van der Waals surface area contributed by atoms with Crippen molar-refractivity contribution >= 4 is 15.9 Å². The van der Waals surface area contributed by atoms with E-state index in [-0.39, 0.29) is 5.56 Å². The fourth-order valence-corrected chi connectivity index (χ4v) is 2.12. The van der Waals surface area contributed by atoms with Crippen LogP contribution in [0.4, 0.5) is 4.39 Å². The number of carbonyl (C=O) groups excluding carboxylic acids is 1. The highest BCUT2D eigenvalue weighted by Gasteiger charge is 2.17. The highest BCUT2D eigenvalue weighted by Crippen LogP contribution is 2.15. The normalized spacial score (nSPS) is 11.2. The first-order chi connectivity index (χ1) is 8.61. The molecule has 0 saturated carbocycles. The molecule has 0 spiro atoms. The van der Waals surface area contributed by atoms with Gasteiger partial charge in [0.1, 0.15) is 5.82 Å². The van der Waals surface area contributed by atoms with Gasteiger partial charge >= 0.3 is 0 Å². The quantitative estimate of drug-likeness (QED) is 0.842. The molecule has 1 aromatic rings. The lowest BCUT2D eigenvalue weighted by molar-refractivity contribution is 0.0806. The average molecular weight is 286 g/mol. The van der Waals surface area contributed by atoms with Gasteiger partial charge in [0.25, 0.3) is 5.91 Å². The Balaban J connectivity index is 3.18. The van der Waals surface area contributed by atoms with Gasteiger partial charge in [-0.2, -0.15) is 0 Å². The molecule has 0 radical (unpaired) electrons. The minimum atomic E-state index is -4.06. The Kier molecular flexibility index (Phi) is 4.43. The molecule has 0 heterocycles. The molecule has 0 fully saturated rings. The summed E-state index contributed by atoms with van der Waals surface area (Å²) in [4.78, 5) is 12.9. The van der Waals surface area contributed by atoms with Gasteiger partial charge in [-0.25, -0.2) is 17.9 Å². The topological polar surface area (TPSA) is 80.5 Å². The fraction of sp³-hybridized carbons (Fsp3) is 0.250. The van der Waals surface area contributed by atoms with E-state index >= 15 is 0 Å². The summed E-state index contributed by atoms with van der Waals surface area (Å²) in [6, 6.07) is 2.78. The number of sulfonamides is 1. The van der Waals surface area contributed by atoms with Gasteiger partial charge in [0.05, 0.1) is 4.90 Å². The van der Waals surface area contributed by atoms with Crippen LogP contribution in [-0.4, -0.2) is 32.8 Å². The summed E-state index contributed by atoms with van der Waals surface area (Å²) in [5.74, 6) is -1.34. The summed E-state index contributed by atoms with van der Waals surface area (Å²) >= 11 is 0. The summed E-state index contributed by atoms with van der Waals surface area (Å²) in [7, 11) is -2.55. The lowest BCUT2D eigenvalue weighted by Gasteiger charge is -2.17.